The second kappa shape index (κ2) is 21.2. The first-order valence-corrected chi connectivity index (χ1v) is 27.6. The predicted molar refractivity (Wildman–Crippen MR) is 278 cm³/mol. The molecule has 0 radical (unpaired) electrons. The van der Waals surface area contributed by atoms with Gasteiger partial charge < -0.3 is 14.2 Å². The first kappa shape index (κ1) is 53.0. The normalized spacial score (nSPS) is 16.0. The topological polar surface area (TPSA) is 197 Å². The number of ether oxygens (including phenoxy) is 3. The van der Waals surface area contributed by atoms with Crippen molar-refractivity contribution >= 4 is 54.5 Å². The molecular weight excluding hydrogens is 1170 g/mol. The van der Waals surface area contributed by atoms with Crippen LogP contribution in [0.5, 0.6) is 17.4 Å². The van der Waals surface area contributed by atoms with Gasteiger partial charge in [-0.3, -0.25) is 0 Å². The van der Waals surface area contributed by atoms with Crippen LogP contribution in [0, 0.1) is 3.70 Å². The van der Waals surface area contributed by atoms with Gasteiger partial charge in [0.05, 0.1) is 34.1 Å². The second-order valence-electron chi connectivity index (χ2n) is 18.0. The molecule has 2 aliphatic heterocycles. The zero-order valence-electron chi connectivity index (χ0n) is 40.0. The molecule has 2 N–H and O–H groups in total. The first-order chi connectivity index (χ1) is 36.7. The molecule has 15 nitrogen and oxygen atoms in total. The van der Waals surface area contributed by atoms with Crippen molar-refractivity contribution in [3.63, 3.8) is 0 Å². The number of alkyl halides is 6. The van der Waals surface area contributed by atoms with Crippen LogP contribution in [0.15, 0.2) is 150 Å². The van der Waals surface area contributed by atoms with Crippen molar-refractivity contribution in [1.29, 1.82) is 0 Å². The third kappa shape index (κ3) is 11.8. The number of halogens is 7. The van der Waals surface area contributed by atoms with Gasteiger partial charge in [0, 0.05) is 95.9 Å². The maximum absolute atomic E-state index is 14.2. The molecule has 10 rings (SSSR count). The number of sulfonamides is 2. The maximum atomic E-state index is 14.2. The van der Waals surface area contributed by atoms with Crippen molar-refractivity contribution in [3.8, 4) is 39.6 Å². The fourth-order valence-corrected chi connectivity index (χ4v) is 11.5. The van der Waals surface area contributed by atoms with E-state index in [1.165, 1.54) is 85.7 Å². The number of nitrogens with one attached hydrogen (secondary N) is 2. The first-order valence-electron chi connectivity index (χ1n) is 23.5. The highest BCUT2D eigenvalue weighted by Crippen LogP contribution is 2.47. The van der Waals surface area contributed by atoms with Gasteiger partial charge in [0.15, 0.2) is 0 Å². The Balaban J connectivity index is 0.808. The average Bonchev–Trinajstić information content (AvgIpc) is 3.44. The molecule has 8 aromatic rings. The number of nitrogens with zero attached hydrogens (tertiary/aromatic N) is 6. The fraction of sp³-hybridized carbons (Fsp3) is 0.208. The number of benzene rings is 4. The largest absolute Gasteiger partial charge is 0.493 e. The van der Waals surface area contributed by atoms with E-state index in [9.17, 15) is 43.2 Å². The lowest BCUT2D eigenvalue weighted by molar-refractivity contribution is -0.138. The van der Waals surface area contributed by atoms with Gasteiger partial charge in [-0.05, 0) is 125 Å². The molecule has 4 aromatic heterocycles. The van der Waals surface area contributed by atoms with Crippen molar-refractivity contribution in [2.24, 2.45) is 0 Å². The summed E-state index contributed by atoms with van der Waals surface area (Å²) in [4.78, 5) is 24.7. The van der Waals surface area contributed by atoms with E-state index < -0.39 is 61.5 Å². The Morgan fingerprint density at radius 3 is 1.55 bits per heavy atom. The molecule has 0 amide bonds. The molecule has 0 saturated carbocycles. The van der Waals surface area contributed by atoms with Gasteiger partial charge in [0.2, 0.25) is 17.8 Å². The van der Waals surface area contributed by atoms with Gasteiger partial charge in [0.25, 0.3) is 20.0 Å². The molecule has 0 fully saturated rings. The van der Waals surface area contributed by atoms with E-state index in [0.29, 0.717) is 61.0 Å². The maximum Gasteiger partial charge on any atom is 0.416 e. The van der Waals surface area contributed by atoms with Crippen LogP contribution in [0.1, 0.15) is 70.5 Å². The van der Waals surface area contributed by atoms with E-state index in [1.807, 2.05) is 22.6 Å². The van der Waals surface area contributed by atoms with Crippen LogP contribution in [0.4, 0.5) is 38.2 Å². The smallest absolute Gasteiger partial charge is 0.416 e. The summed E-state index contributed by atoms with van der Waals surface area (Å²) < 4.78 is 161. The lowest BCUT2D eigenvalue weighted by Crippen LogP contribution is -2.19. The Labute approximate surface area is 450 Å². The zero-order valence-corrected chi connectivity index (χ0v) is 43.8. The third-order valence-electron chi connectivity index (χ3n) is 12.8. The minimum absolute atomic E-state index is 0.120. The molecule has 0 bridgehead atoms. The number of anilines is 2. The number of hydrogen-bond acceptors (Lipinski definition) is 13. The van der Waals surface area contributed by atoms with Gasteiger partial charge in [-0.15, -0.1) is 0 Å². The van der Waals surface area contributed by atoms with E-state index >= 15 is 0 Å². The summed E-state index contributed by atoms with van der Waals surface area (Å²) in [7, 11) is -8.38. The van der Waals surface area contributed by atoms with Gasteiger partial charge in [-0.1, -0.05) is 30.3 Å². The number of aromatic nitrogens is 6. The van der Waals surface area contributed by atoms with Crippen molar-refractivity contribution in [1.82, 2.24) is 29.9 Å². The molecule has 4 aromatic carbocycles. The molecule has 1 unspecified atom stereocenters. The molecule has 0 saturated heterocycles. The van der Waals surface area contributed by atoms with Gasteiger partial charge in [-0.25, -0.2) is 56.2 Å². The van der Waals surface area contributed by atoms with Crippen LogP contribution >= 0.6 is 22.6 Å². The van der Waals surface area contributed by atoms with E-state index in [0.717, 1.165) is 24.3 Å². The van der Waals surface area contributed by atoms with Crippen LogP contribution in [-0.4, -0.2) is 66.1 Å². The number of fused-ring (bicyclic) bond motifs is 2. The molecule has 6 heterocycles. The number of pyridine rings is 2. The van der Waals surface area contributed by atoms with E-state index in [-0.39, 0.29) is 64.3 Å². The second-order valence-corrected chi connectivity index (χ2v) is 22.4. The number of rotatable bonds is 14. The van der Waals surface area contributed by atoms with Crippen LogP contribution < -0.4 is 23.7 Å². The highest BCUT2D eigenvalue weighted by atomic mass is 127. The molecule has 2 aliphatic rings. The summed E-state index contributed by atoms with van der Waals surface area (Å²) in [5.41, 5.74) is 2.70. The van der Waals surface area contributed by atoms with E-state index in [1.54, 1.807) is 37.3 Å². The summed E-state index contributed by atoms with van der Waals surface area (Å²) in [6.45, 7) is 2.09. The summed E-state index contributed by atoms with van der Waals surface area (Å²) >= 11 is 2.01. The summed E-state index contributed by atoms with van der Waals surface area (Å²) in [6, 6.07) is 23.8. The van der Waals surface area contributed by atoms with Crippen molar-refractivity contribution in [3.05, 3.63) is 183 Å². The third-order valence-corrected chi connectivity index (χ3v) is 16.1. The van der Waals surface area contributed by atoms with Gasteiger partial charge >= 0.3 is 12.4 Å². The molecule has 0 aliphatic carbocycles. The van der Waals surface area contributed by atoms with E-state index in [2.05, 4.69) is 39.3 Å². The molecule has 24 heteroatoms. The SMILES string of the molecule is CC(Cc1cnc(NS(=O)(=O)c2ccc3c(c2)OCC[C@@H]3c2ccc(C(F)(F)F)cc2-c2ccc(I)nc2)nc1)Oc1ccc(-c2cc(C(F)(F)F)ccc2[C@@H]2CCOc3cc(S(=O)(=O)Nc4ncccn4)ccc32)cn1. The van der Waals surface area contributed by atoms with Gasteiger partial charge in [0.1, 0.15) is 21.3 Å². The Morgan fingerprint density at radius 1 is 0.597 bits per heavy atom. The van der Waals surface area contributed by atoms with Crippen LogP contribution in [-0.2, 0) is 38.8 Å². The van der Waals surface area contributed by atoms with Crippen molar-refractivity contribution in [2.45, 2.75) is 66.3 Å². The zero-order chi connectivity index (χ0) is 54.3. The van der Waals surface area contributed by atoms with Crippen molar-refractivity contribution < 1.29 is 57.4 Å². The van der Waals surface area contributed by atoms with Crippen LogP contribution in [0.25, 0.3) is 22.3 Å². The van der Waals surface area contributed by atoms with Crippen LogP contribution in [0.3, 0.4) is 0 Å². The van der Waals surface area contributed by atoms with Gasteiger partial charge in [-0.2, -0.15) is 26.3 Å². The van der Waals surface area contributed by atoms with Crippen molar-refractivity contribution in [2.75, 3.05) is 22.7 Å². The Bertz CT molecular complexity index is 3720. The summed E-state index contributed by atoms with van der Waals surface area (Å²) in [5.74, 6) is -0.566. The molecule has 0 spiro atoms. The quantitative estimate of drug-likeness (QED) is 0.0593. The number of hydrogen-bond donors (Lipinski definition) is 2. The standard InChI is InChI=1S/C53H41F6IN8O7S2/c1-30(75-49-14-4-33(29-64-49)45-23-35(53(57,58)59)6-10-39(45)41-16-20-73-46-24-36(7-11-43(41)46)76(69,70)67-50-61-17-2-18-62-50)21-31-26-65-51(66-27-31)68-77(71,72)37-8-12-42-40(15-19-74-47(42)25-37)38-9-5-34(52(54,55)56)22-44(38)32-3-13-48(60)63-28-32/h2-14,17-18,22-30,40-41H,15-16,19-21H2,1H3,(H,61,62,67)(H,65,66,68)/t30?,40-,41+/m1/s1. The molecule has 3 atom stereocenters. The lowest BCUT2D eigenvalue weighted by atomic mass is 9.82. The minimum Gasteiger partial charge on any atom is -0.493 e. The van der Waals surface area contributed by atoms with E-state index in [4.69, 9.17) is 14.2 Å². The average molecular weight is 1210 g/mol. The molecule has 396 valence electrons. The molecular formula is C53H41F6IN8O7S2. The monoisotopic (exact) mass is 1210 g/mol. The highest BCUT2D eigenvalue weighted by molar-refractivity contribution is 14.1. The molecule has 77 heavy (non-hydrogen) atoms. The minimum atomic E-state index is -4.66. The Morgan fingerprint density at radius 2 is 1.08 bits per heavy atom. The summed E-state index contributed by atoms with van der Waals surface area (Å²) in [5, 5.41) is 0. The fourth-order valence-electron chi connectivity index (χ4n) is 9.24. The van der Waals surface area contributed by atoms with Crippen LogP contribution in [0.2, 0.25) is 0 Å². The highest BCUT2D eigenvalue weighted by Gasteiger charge is 2.36. The predicted octanol–water partition coefficient (Wildman–Crippen LogP) is 11.5. The lowest BCUT2D eigenvalue weighted by Gasteiger charge is -2.29. The Hall–Kier alpha value is -7.45. The summed E-state index contributed by atoms with van der Waals surface area (Å²) in [6.07, 6.45) is -0.167. The Kier molecular flexibility index (Phi) is 14.6.